The Bertz CT molecular complexity index is 222. The molecule has 2 saturated carbocycles. The Morgan fingerprint density at radius 2 is 1.50 bits per heavy atom. The SMILES string of the molecule is CC1(C)[C@@H]2N=N[C@H]1[C@H]1CCC[C@H]12. The van der Waals surface area contributed by atoms with Gasteiger partial charge < -0.3 is 0 Å². The minimum Gasteiger partial charge on any atom is -0.190 e. The van der Waals surface area contributed by atoms with Crippen LogP contribution < -0.4 is 0 Å². The number of rotatable bonds is 0. The summed E-state index contributed by atoms with van der Waals surface area (Å²) in [4.78, 5) is 0. The van der Waals surface area contributed by atoms with E-state index in [1.165, 1.54) is 19.3 Å². The summed E-state index contributed by atoms with van der Waals surface area (Å²) in [5.74, 6) is 1.78. The molecule has 0 amide bonds. The van der Waals surface area contributed by atoms with Gasteiger partial charge in [0.05, 0.1) is 12.1 Å². The summed E-state index contributed by atoms with van der Waals surface area (Å²) in [5, 5.41) is 8.85. The van der Waals surface area contributed by atoms with Crippen LogP contribution in [0.15, 0.2) is 10.2 Å². The molecule has 1 heterocycles. The summed E-state index contributed by atoms with van der Waals surface area (Å²) in [6.45, 7) is 4.70. The van der Waals surface area contributed by atoms with E-state index in [1.807, 2.05) is 0 Å². The van der Waals surface area contributed by atoms with Gasteiger partial charge in [-0.05, 0) is 24.7 Å². The molecule has 4 atom stereocenters. The van der Waals surface area contributed by atoms with Gasteiger partial charge in [0.25, 0.3) is 0 Å². The van der Waals surface area contributed by atoms with Crippen molar-refractivity contribution < 1.29 is 0 Å². The van der Waals surface area contributed by atoms with E-state index in [0.717, 1.165) is 11.8 Å². The maximum Gasteiger partial charge on any atom is 0.0811 e. The van der Waals surface area contributed by atoms with Gasteiger partial charge in [-0.2, -0.15) is 10.2 Å². The second-order valence-electron chi connectivity index (χ2n) is 5.20. The molecule has 2 aliphatic carbocycles. The van der Waals surface area contributed by atoms with E-state index < -0.39 is 0 Å². The molecule has 66 valence electrons. The van der Waals surface area contributed by atoms with Crippen LogP contribution in [0.3, 0.4) is 0 Å². The van der Waals surface area contributed by atoms with Crippen molar-refractivity contribution in [1.29, 1.82) is 0 Å². The van der Waals surface area contributed by atoms with Crippen molar-refractivity contribution in [2.24, 2.45) is 27.5 Å². The van der Waals surface area contributed by atoms with Gasteiger partial charge in [-0.25, -0.2) is 0 Å². The Hall–Kier alpha value is -0.400. The summed E-state index contributed by atoms with van der Waals surface area (Å²) in [6.07, 6.45) is 4.24. The quantitative estimate of drug-likeness (QED) is 0.526. The van der Waals surface area contributed by atoms with Crippen LogP contribution in [0.1, 0.15) is 33.1 Å². The van der Waals surface area contributed by atoms with Crippen LogP contribution in [-0.4, -0.2) is 12.1 Å². The van der Waals surface area contributed by atoms with E-state index in [0.29, 0.717) is 17.5 Å². The van der Waals surface area contributed by atoms with Gasteiger partial charge in [-0.1, -0.05) is 20.3 Å². The molecular formula is C10H16N2. The van der Waals surface area contributed by atoms with E-state index in [4.69, 9.17) is 0 Å². The van der Waals surface area contributed by atoms with Crippen LogP contribution in [0.4, 0.5) is 0 Å². The van der Waals surface area contributed by atoms with Crippen LogP contribution >= 0.6 is 0 Å². The summed E-state index contributed by atoms with van der Waals surface area (Å²) in [7, 11) is 0. The molecule has 1 aliphatic heterocycles. The molecule has 3 rings (SSSR count). The van der Waals surface area contributed by atoms with Crippen LogP contribution in [-0.2, 0) is 0 Å². The van der Waals surface area contributed by atoms with Crippen LogP contribution in [0.5, 0.6) is 0 Å². The zero-order valence-electron chi connectivity index (χ0n) is 7.83. The maximum absolute atomic E-state index is 4.42. The minimum absolute atomic E-state index is 0.385. The first-order valence-corrected chi connectivity index (χ1v) is 5.11. The number of nitrogens with zero attached hydrogens (tertiary/aromatic N) is 2. The molecule has 2 fully saturated rings. The first-order chi connectivity index (χ1) is 5.71. The molecule has 0 unspecified atom stereocenters. The standard InChI is InChI=1S/C10H16N2/c1-10(2)8-6-4-3-5-7(6)9(10)12-11-8/h6-9H,3-5H2,1-2H3/t6-,7+,8-,9+. The smallest absolute Gasteiger partial charge is 0.0811 e. The van der Waals surface area contributed by atoms with Crippen molar-refractivity contribution >= 4 is 0 Å². The third-order valence-corrected chi connectivity index (χ3v) is 4.28. The largest absolute Gasteiger partial charge is 0.190 e. The molecule has 0 aromatic carbocycles. The minimum atomic E-state index is 0.385. The zero-order valence-corrected chi connectivity index (χ0v) is 7.83. The van der Waals surface area contributed by atoms with Crippen molar-refractivity contribution in [1.82, 2.24) is 0 Å². The molecule has 3 aliphatic rings. The van der Waals surface area contributed by atoms with Crippen molar-refractivity contribution in [3.8, 4) is 0 Å². The zero-order chi connectivity index (χ0) is 8.34. The lowest BCUT2D eigenvalue weighted by molar-refractivity contribution is 0.308. The lowest BCUT2D eigenvalue weighted by Gasteiger charge is -2.22. The highest BCUT2D eigenvalue weighted by Crippen LogP contribution is 2.58. The fourth-order valence-corrected chi connectivity index (χ4v) is 3.69. The lowest BCUT2D eigenvalue weighted by Crippen LogP contribution is -2.28. The Morgan fingerprint density at radius 3 is 2.00 bits per heavy atom. The molecule has 0 N–H and O–H groups in total. The Labute approximate surface area is 73.5 Å². The second-order valence-corrected chi connectivity index (χ2v) is 5.20. The molecule has 0 aromatic heterocycles. The van der Waals surface area contributed by atoms with Crippen molar-refractivity contribution in [3.63, 3.8) is 0 Å². The summed E-state index contributed by atoms with van der Waals surface area (Å²) < 4.78 is 0. The van der Waals surface area contributed by atoms with Gasteiger partial charge >= 0.3 is 0 Å². The molecule has 0 saturated heterocycles. The second kappa shape index (κ2) is 1.91. The molecule has 2 bridgehead atoms. The van der Waals surface area contributed by atoms with Crippen molar-refractivity contribution in [2.45, 2.75) is 45.2 Å². The number of hydrogen-bond acceptors (Lipinski definition) is 2. The molecule has 0 aromatic rings. The van der Waals surface area contributed by atoms with Gasteiger partial charge in [-0.15, -0.1) is 0 Å². The lowest BCUT2D eigenvalue weighted by atomic mass is 9.82. The molecule has 2 nitrogen and oxygen atoms in total. The normalized spacial score (nSPS) is 53.2. The molecule has 12 heavy (non-hydrogen) atoms. The average molecular weight is 164 g/mol. The number of hydrogen-bond donors (Lipinski definition) is 0. The summed E-state index contributed by atoms with van der Waals surface area (Å²) >= 11 is 0. The van der Waals surface area contributed by atoms with E-state index in [-0.39, 0.29) is 0 Å². The first-order valence-electron chi connectivity index (χ1n) is 5.11. The Morgan fingerprint density at radius 1 is 1.00 bits per heavy atom. The predicted octanol–water partition coefficient (Wildman–Crippen LogP) is 2.65. The van der Waals surface area contributed by atoms with Crippen molar-refractivity contribution in [3.05, 3.63) is 0 Å². The van der Waals surface area contributed by atoms with Crippen LogP contribution in [0.25, 0.3) is 0 Å². The fraction of sp³-hybridized carbons (Fsp3) is 1.00. The maximum atomic E-state index is 4.42. The van der Waals surface area contributed by atoms with E-state index in [2.05, 4.69) is 24.1 Å². The molecular weight excluding hydrogens is 148 g/mol. The predicted molar refractivity (Wildman–Crippen MR) is 47.0 cm³/mol. The van der Waals surface area contributed by atoms with Gasteiger partial charge in [0, 0.05) is 5.41 Å². The number of fused-ring (bicyclic) bond motifs is 5. The third-order valence-electron chi connectivity index (χ3n) is 4.28. The molecule has 0 spiro atoms. The first kappa shape index (κ1) is 7.05. The molecule has 0 radical (unpaired) electrons. The Balaban J connectivity index is 2.04. The van der Waals surface area contributed by atoms with E-state index in [1.54, 1.807) is 0 Å². The molecule has 2 heteroatoms. The average Bonchev–Trinajstić information content (AvgIpc) is 2.60. The highest BCUT2D eigenvalue weighted by atomic mass is 15.2. The third kappa shape index (κ3) is 0.593. The van der Waals surface area contributed by atoms with Crippen LogP contribution in [0, 0.1) is 17.3 Å². The van der Waals surface area contributed by atoms with Gasteiger partial charge in [0.1, 0.15) is 0 Å². The Kier molecular flexibility index (Phi) is 1.12. The topological polar surface area (TPSA) is 24.7 Å². The van der Waals surface area contributed by atoms with Crippen LogP contribution in [0.2, 0.25) is 0 Å². The van der Waals surface area contributed by atoms with Gasteiger partial charge in [0.2, 0.25) is 0 Å². The van der Waals surface area contributed by atoms with Gasteiger partial charge in [-0.3, -0.25) is 0 Å². The fourth-order valence-electron chi connectivity index (χ4n) is 3.69. The number of azo groups is 1. The summed E-state index contributed by atoms with van der Waals surface area (Å²) in [6, 6.07) is 1.13. The highest BCUT2D eigenvalue weighted by Gasteiger charge is 2.60. The van der Waals surface area contributed by atoms with E-state index in [9.17, 15) is 0 Å². The van der Waals surface area contributed by atoms with Crippen molar-refractivity contribution in [2.75, 3.05) is 0 Å². The monoisotopic (exact) mass is 164 g/mol. The van der Waals surface area contributed by atoms with Gasteiger partial charge in [0.15, 0.2) is 0 Å². The summed E-state index contributed by atoms with van der Waals surface area (Å²) in [5.41, 5.74) is 0.385. The highest BCUT2D eigenvalue weighted by molar-refractivity contribution is 5.14. The van der Waals surface area contributed by atoms with E-state index >= 15 is 0 Å².